The molecule has 112 valence electrons. The first-order chi connectivity index (χ1) is 9.33. The van der Waals surface area contributed by atoms with Crippen molar-refractivity contribution in [2.75, 3.05) is 32.8 Å². The minimum absolute atomic E-state index is 0. The maximum Gasteiger partial charge on any atom is 0.165 e. The van der Waals surface area contributed by atoms with E-state index >= 15 is 0 Å². The van der Waals surface area contributed by atoms with Gasteiger partial charge in [-0.3, -0.25) is 4.90 Å². The molecule has 2 heterocycles. The molecule has 0 aromatic heterocycles. The Bertz CT molecular complexity index is 442. The van der Waals surface area contributed by atoms with E-state index in [-0.39, 0.29) is 12.4 Å². The number of hydrogen-bond donors (Lipinski definition) is 1. The van der Waals surface area contributed by atoms with Gasteiger partial charge in [-0.15, -0.1) is 12.4 Å². The van der Waals surface area contributed by atoms with Crippen LogP contribution in [0.1, 0.15) is 18.9 Å². The van der Waals surface area contributed by atoms with E-state index in [0.717, 1.165) is 57.3 Å². The predicted octanol–water partition coefficient (Wildman–Crippen LogP) is 2.06. The molecular formula is C15H23ClN2O2. The molecule has 5 heteroatoms. The zero-order chi connectivity index (χ0) is 13.1. The first-order valence-corrected chi connectivity index (χ1v) is 7.16. The molecule has 1 saturated heterocycles. The summed E-state index contributed by atoms with van der Waals surface area (Å²) in [5, 5.41) is 3.47. The minimum atomic E-state index is 0. The van der Waals surface area contributed by atoms with Crippen molar-refractivity contribution in [3.63, 3.8) is 0 Å². The van der Waals surface area contributed by atoms with E-state index in [0.29, 0.717) is 6.04 Å². The normalized spacial score (nSPS) is 22.8. The van der Waals surface area contributed by atoms with Gasteiger partial charge in [0, 0.05) is 44.2 Å². The first-order valence-electron chi connectivity index (χ1n) is 7.16. The third-order valence-electron chi connectivity index (χ3n) is 3.70. The minimum Gasteiger partial charge on any atom is -0.490 e. The maximum absolute atomic E-state index is 5.88. The van der Waals surface area contributed by atoms with Gasteiger partial charge < -0.3 is 14.8 Å². The number of hydrogen-bond acceptors (Lipinski definition) is 4. The van der Waals surface area contributed by atoms with Crippen molar-refractivity contribution in [3.8, 4) is 11.5 Å². The Labute approximate surface area is 126 Å². The quantitative estimate of drug-likeness (QED) is 0.906. The van der Waals surface area contributed by atoms with Crippen LogP contribution in [0.5, 0.6) is 11.5 Å². The standard InChI is InChI=1S/C15H22N2O2.ClH/c1-12-10-17(7-6-16-12)11-13-4-2-5-14-15(13)19-9-3-8-18-14;/h2,4-5,12,16H,3,6-11H2,1H3;1H. The number of para-hydroxylation sites is 1. The third kappa shape index (κ3) is 3.57. The van der Waals surface area contributed by atoms with Crippen LogP contribution in [0.25, 0.3) is 0 Å². The molecule has 0 aliphatic carbocycles. The summed E-state index contributed by atoms with van der Waals surface area (Å²) in [6.07, 6.45) is 0.957. The lowest BCUT2D eigenvalue weighted by Gasteiger charge is -2.32. The molecule has 0 spiro atoms. The molecule has 20 heavy (non-hydrogen) atoms. The number of piperazine rings is 1. The second-order valence-corrected chi connectivity index (χ2v) is 5.39. The van der Waals surface area contributed by atoms with Crippen molar-refractivity contribution in [1.29, 1.82) is 0 Å². The zero-order valence-corrected chi connectivity index (χ0v) is 12.7. The number of benzene rings is 1. The second kappa shape index (κ2) is 7.16. The molecular weight excluding hydrogens is 276 g/mol. The average molecular weight is 299 g/mol. The number of fused-ring (bicyclic) bond motifs is 1. The van der Waals surface area contributed by atoms with E-state index in [9.17, 15) is 0 Å². The molecule has 1 unspecified atom stereocenters. The number of halogens is 1. The van der Waals surface area contributed by atoms with Crippen LogP contribution in [0.2, 0.25) is 0 Å². The van der Waals surface area contributed by atoms with Gasteiger partial charge in [0.15, 0.2) is 11.5 Å². The highest BCUT2D eigenvalue weighted by Gasteiger charge is 2.19. The summed E-state index contributed by atoms with van der Waals surface area (Å²) in [6.45, 7) is 7.92. The van der Waals surface area contributed by atoms with Gasteiger partial charge in [-0.25, -0.2) is 0 Å². The van der Waals surface area contributed by atoms with E-state index in [2.05, 4.69) is 29.3 Å². The van der Waals surface area contributed by atoms with Gasteiger partial charge in [0.25, 0.3) is 0 Å². The monoisotopic (exact) mass is 298 g/mol. The smallest absolute Gasteiger partial charge is 0.165 e. The number of nitrogens with zero attached hydrogens (tertiary/aromatic N) is 1. The molecule has 3 rings (SSSR count). The summed E-state index contributed by atoms with van der Waals surface area (Å²) in [7, 11) is 0. The molecule has 1 aromatic rings. The Morgan fingerprint density at radius 3 is 3.00 bits per heavy atom. The van der Waals surface area contributed by atoms with E-state index in [1.165, 1.54) is 5.56 Å². The van der Waals surface area contributed by atoms with Crippen molar-refractivity contribution in [2.24, 2.45) is 0 Å². The van der Waals surface area contributed by atoms with E-state index in [1.54, 1.807) is 0 Å². The Morgan fingerprint density at radius 2 is 2.15 bits per heavy atom. The number of nitrogens with one attached hydrogen (secondary N) is 1. The molecule has 1 N–H and O–H groups in total. The zero-order valence-electron chi connectivity index (χ0n) is 11.9. The molecule has 1 aromatic carbocycles. The van der Waals surface area contributed by atoms with Crippen LogP contribution in [-0.4, -0.2) is 43.8 Å². The fourth-order valence-corrected chi connectivity index (χ4v) is 2.78. The number of ether oxygens (including phenoxy) is 2. The summed E-state index contributed by atoms with van der Waals surface area (Å²) in [5.74, 6) is 1.85. The van der Waals surface area contributed by atoms with Crippen molar-refractivity contribution in [2.45, 2.75) is 25.9 Å². The molecule has 4 nitrogen and oxygen atoms in total. The average Bonchev–Trinajstić information content (AvgIpc) is 2.65. The van der Waals surface area contributed by atoms with Crippen molar-refractivity contribution < 1.29 is 9.47 Å². The van der Waals surface area contributed by atoms with Crippen molar-refractivity contribution >= 4 is 12.4 Å². The van der Waals surface area contributed by atoms with Gasteiger partial charge >= 0.3 is 0 Å². The van der Waals surface area contributed by atoms with Gasteiger partial charge in [0.2, 0.25) is 0 Å². The Morgan fingerprint density at radius 1 is 1.30 bits per heavy atom. The lowest BCUT2D eigenvalue weighted by atomic mass is 10.1. The van der Waals surface area contributed by atoms with E-state index in [1.807, 2.05) is 6.07 Å². The summed E-state index contributed by atoms with van der Waals surface area (Å²) in [5.41, 5.74) is 1.24. The molecule has 0 radical (unpaired) electrons. The molecule has 2 aliphatic rings. The second-order valence-electron chi connectivity index (χ2n) is 5.39. The lowest BCUT2D eigenvalue weighted by molar-refractivity contribution is 0.196. The molecule has 0 saturated carbocycles. The summed E-state index contributed by atoms with van der Waals surface area (Å²) >= 11 is 0. The van der Waals surface area contributed by atoms with Gasteiger partial charge in [0.05, 0.1) is 13.2 Å². The van der Waals surface area contributed by atoms with Gasteiger partial charge in [-0.2, -0.15) is 0 Å². The highest BCUT2D eigenvalue weighted by molar-refractivity contribution is 5.85. The molecule has 1 fully saturated rings. The molecule has 0 amide bonds. The van der Waals surface area contributed by atoms with Gasteiger partial charge in [-0.05, 0) is 13.0 Å². The van der Waals surface area contributed by atoms with Crippen LogP contribution in [0.15, 0.2) is 18.2 Å². The fourth-order valence-electron chi connectivity index (χ4n) is 2.78. The summed E-state index contributed by atoms with van der Waals surface area (Å²) in [4.78, 5) is 2.48. The van der Waals surface area contributed by atoms with Crippen LogP contribution in [0, 0.1) is 0 Å². The Balaban J connectivity index is 0.00000147. The first kappa shape index (κ1) is 15.4. The highest BCUT2D eigenvalue weighted by Crippen LogP contribution is 2.34. The highest BCUT2D eigenvalue weighted by atomic mass is 35.5. The lowest BCUT2D eigenvalue weighted by Crippen LogP contribution is -2.48. The third-order valence-corrected chi connectivity index (χ3v) is 3.70. The summed E-state index contributed by atoms with van der Waals surface area (Å²) < 4.78 is 11.6. The molecule has 1 atom stereocenters. The Kier molecular flexibility index (Phi) is 5.52. The summed E-state index contributed by atoms with van der Waals surface area (Å²) in [6, 6.07) is 6.78. The largest absolute Gasteiger partial charge is 0.490 e. The topological polar surface area (TPSA) is 33.7 Å². The predicted molar refractivity (Wildman–Crippen MR) is 82.0 cm³/mol. The van der Waals surface area contributed by atoms with Crippen molar-refractivity contribution in [3.05, 3.63) is 23.8 Å². The van der Waals surface area contributed by atoms with Crippen LogP contribution in [-0.2, 0) is 6.54 Å². The molecule has 2 aliphatic heterocycles. The SMILES string of the molecule is CC1CN(Cc2cccc3c2OCCCO3)CCN1.Cl. The van der Waals surface area contributed by atoms with Gasteiger partial charge in [0.1, 0.15) is 0 Å². The maximum atomic E-state index is 5.88. The van der Waals surface area contributed by atoms with E-state index in [4.69, 9.17) is 9.47 Å². The van der Waals surface area contributed by atoms with Crippen molar-refractivity contribution in [1.82, 2.24) is 10.2 Å². The van der Waals surface area contributed by atoms with E-state index < -0.39 is 0 Å². The van der Waals surface area contributed by atoms with Crippen LogP contribution in [0.3, 0.4) is 0 Å². The molecule has 0 bridgehead atoms. The van der Waals surface area contributed by atoms with Crippen LogP contribution < -0.4 is 14.8 Å². The van der Waals surface area contributed by atoms with Crippen LogP contribution in [0.4, 0.5) is 0 Å². The van der Waals surface area contributed by atoms with Crippen LogP contribution >= 0.6 is 12.4 Å². The fraction of sp³-hybridized carbons (Fsp3) is 0.600. The number of rotatable bonds is 2. The Hall–Kier alpha value is -0.970. The van der Waals surface area contributed by atoms with Gasteiger partial charge in [-0.1, -0.05) is 12.1 Å².